The van der Waals surface area contributed by atoms with Crippen LogP contribution in [-0.4, -0.2) is 82.2 Å². The molecule has 0 aliphatic rings. The molecular weight excluding hydrogens is 1140 g/mol. The SMILES string of the molecule is CC.CC.CC.CC.CCC.CCC.CCC.CCC.O=S(=O)(O)c1ccc2cc(O)c(O)cc2c1.O=S(=O)(O)c1ccc2ccc(O)cc2c1.O=S(=O)(O)c1cccc2cccc(O)c12.O=S(=O)=O.Oc1ccc2cccc(O)c2c1. The lowest BCUT2D eigenvalue weighted by molar-refractivity contribution is 0.405. The van der Waals surface area contributed by atoms with Crippen LogP contribution >= 0.6 is 0 Å². The molecule has 0 heterocycles. The first-order valence-corrected chi connectivity index (χ1v) is 31.8. The fourth-order valence-electron chi connectivity index (χ4n) is 5.53. The molecule has 0 unspecified atom stereocenters. The molecule has 18 nitrogen and oxygen atoms in total. The maximum absolute atomic E-state index is 11.0. The summed E-state index contributed by atoms with van der Waals surface area (Å²) in [7, 11) is -15.9. The lowest BCUT2D eigenvalue weighted by atomic mass is 10.1. The Hall–Kier alpha value is -7.05. The van der Waals surface area contributed by atoms with Crippen LogP contribution in [0.25, 0.3) is 43.1 Å². The van der Waals surface area contributed by atoms with E-state index in [0.717, 1.165) is 10.8 Å². The van der Waals surface area contributed by atoms with Crippen LogP contribution in [-0.2, 0) is 41.0 Å². The van der Waals surface area contributed by atoms with E-state index >= 15 is 0 Å². The predicted molar refractivity (Wildman–Crippen MR) is 334 cm³/mol. The van der Waals surface area contributed by atoms with Crippen LogP contribution in [0.5, 0.6) is 34.5 Å². The van der Waals surface area contributed by atoms with E-state index in [2.05, 4.69) is 55.4 Å². The number of fused-ring (bicyclic) bond motifs is 4. The topological polar surface area (TPSA) is 336 Å². The molecule has 0 saturated carbocycles. The van der Waals surface area contributed by atoms with Gasteiger partial charge in [0.15, 0.2) is 11.5 Å². The Morgan fingerprint density at radius 3 is 1.05 bits per heavy atom. The average Bonchev–Trinajstić information content (AvgIpc) is 3.42. The second-order valence-electron chi connectivity index (χ2n) is 15.3. The summed E-state index contributed by atoms with van der Waals surface area (Å²) in [4.78, 5) is -0.719. The highest BCUT2D eigenvalue weighted by molar-refractivity contribution is 7.86. The second-order valence-corrected chi connectivity index (χ2v) is 20.0. The standard InChI is InChI=1S/C10H8O5S.2C10H8O4S.C10H8O2.4C3H8.4C2H6.O3S/c11-9-4-6-1-2-8(16(13,14)15)3-7(6)5-10(9)12;11-9-3-1-7-2-4-10(15(12,13)14)6-8(7)5-9;11-8-5-1-3-7-4-2-6-9(10(7)8)15(12,13)14;11-8-5-4-7-2-1-3-10(12)9(7)6-8;4*1-3-2;4*1-2;1-4(2)3/h1-5,11-12H,(H,13,14,15);2*1-6,11H,(H,12,13,14);1-6,11-12H;4*3H2,1-2H3;4*1-2H3;. The molecule has 22 heteroatoms. The van der Waals surface area contributed by atoms with Crippen LogP contribution in [0.4, 0.5) is 0 Å². The zero-order valence-corrected chi connectivity index (χ0v) is 53.2. The van der Waals surface area contributed by atoms with Gasteiger partial charge in [0.25, 0.3) is 30.4 Å². The van der Waals surface area contributed by atoms with Crippen LogP contribution in [0.2, 0.25) is 0 Å². The molecular formula is C60H88O18S4. The molecule has 0 radical (unpaired) electrons. The number of phenols is 6. The highest BCUT2D eigenvalue weighted by Crippen LogP contribution is 2.32. The van der Waals surface area contributed by atoms with Crippen molar-refractivity contribution in [1.82, 2.24) is 0 Å². The van der Waals surface area contributed by atoms with E-state index in [-0.39, 0.29) is 54.6 Å². The van der Waals surface area contributed by atoms with Crippen molar-refractivity contribution in [2.75, 3.05) is 0 Å². The summed E-state index contributed by atoms with van der Waals surface area (Å²) in [5.74, 6) is -0.379. The van der Waals surface area contributed by atoms with Crippen molar-refractivity contribution in [3.8, 4) is 34.5 Å². The summed E-state index contributed by atoms with van der Waals surface area (Å²) >= 11 is 0. The van der Waals surface area contributed by atoms with Gasteiger partial charge in [-0.1, -0.05) is 197 Å². The molecule has 8 rings (SSSR count). The minimum absolute atomic E-state index is 0.0509. The first-order valence-electron chi connectivity index (χ1n) is 26.5. The van der Waals surface area contributed by atoms with E-state index in [1.807, 2.05) is 61.5 Å². The Morgan fingerprint density at radius 2 is 0.646 bits per heavy atom. The van der Waals surface area contributed by atoms with E-state index in [1.54, 1.807) is 60.7 Å². The monoisotopic (exact) mass is 1220 g/mol. The average molecular weight is 1230 g/mol. The Balaban J connectivity index is -0.000000285. The van der Waals surface area contributed by atoms with Gasteiger partial charge >= 0.3 is 10.6 Å². The molecule has 0 bridgehead atoms. The van der Waals surface area contributed by atoms with E-state index in [0.29, 0.717) is 26.9 Å². The number of hydrogen-bond acceptors (Lipinski definition) is 15. The minimum atomic E-state index is -4.31. The Bertz CT molecular complexity index is 3480. The van der Waals surface area contributed by atoms with Crippen molar-refractivity contribution in [1.29, 1.82) is 0 Å². The summed E-state index contributed by atoms with van der Waals surface area (Å²) in [5.41, 5.74) is 0. The smallest absolute Gasteiger partial charge is 0.425 e. The largest absolute Gasteiger partial charge is 0.508 e. The second kappa shape index (κ2) is 46.5. The third-order valence-corrected chi connectivity index (χ3v) is 10.9. The normalized spacial score (nSPS) is 9.60. The molecule has 8 aromatic rings. The Kier molecular flexibility index (Phi) is 47.5. The maximum Gasteiger partial charge on any atom is 0.425 e. The highest BCUT2D eigenvalue weighted by atomic mass is 32.2. The summed E-state index contributed by atoms with van der Waals surface area (Å²) in [6.45, 7) is 33.0. The van der Waals surface area contributed by atoms with Crippen LogP contribution in [0, 0.1) is 0 Å². The minimum Gasteiger partial charge on any atom is -0.508 e. The number of benzene rings is 8. The molecule has 9 N–H and O–H groups in total. The molecule has 0 atom stereocenters. The Labute approximate surface area is 488 Å². The van der Waals surface area contributed by atoms with Crippen molar-refractivity contribution >= 4 is 84.1 Å². The van der Waals surface area contributed by atoms with Gasteiger partial charge in [-0.25, -0.2) is 0 Å². The van der Waals surface area contributed by atoms with Gasteiger partial charge in [-0.05, 0) is 111 Å². The maximum atomic E-state index is 11.0. The zero-order chi connectivity index (χ0) is 65.0. The highest BCUT2D eigenvalue weighted by Gasteiger charge is 2.16. The summed E-state index contributed by atoms with van der Waals surface area (Å²) < 4.78 is 118. The molecule has 460 valence electrons. The van der Waals surface area contributed by atoms with Gasteiger partial charge in [-0.3, -0.25) is 13.7 Å². The van der Waals surface area contributed by atoms with Gasteiger partial charge in [0.05, 0.1) is 9.79 Å². The van der Waals surface area contributed by atoms with Crippen molar-refractivity contribution in [3.63, 3.8) is 0 Å². The fourth-order valence-corrected chi connectivity index (χ4v) is 7.29. The van der Waals surface area contributed by atoms with Crippen molar-refractivity contribution in [3.05, 3.63) is 140 Å². The van der Waals surface area contributed by atoms with Crippen molar-refractivity contribution < 1.29 is 82.2 Å². The number of hydrogen-bond donors (Lipinski definition) is 9. The van der Waals surface area contributed by atoms with Crippen LogP contribution < -0.4 is 0 Å². The number of phenolic OH excluding ortho intramolecular Hbond substituents is 6. The van der Waals surface area contributed by atoms with Gasteiger partial charge in [0.1, 0.15) is 27.9 Å². The van der Waals surface area contributed by atoms with E-state index < -0.39 is 41.0 Å². The molecule has 0 fully saturated rings. The van der Waals surface area contributed by atoms with Crippen molar-refractivity contribution in [2.45, 2.75) is 151 Å². The van der Waals surface area contributed by atoms with Crippen LogP contribution in [0.3, 0.4) is 0 Å². The third-order valence-electron chi connectivity index (χ3n) is 8.26. The van der Waals surface area contributed by atoms with Gasteiger partial charge in [-0.15, -0.1) is 12.6 Å². The molecule has 82 heavy (non-hydrogen) atoms. The molecule has 0 amide bonds. The quantitative estimate of drug-likeness (QED) is 0.0586. The Morgan fingerprint density at radius 1 is 0.329 bits per heavy atom. The number of aromatic hydroxyl groups is 6. The molecule has 0 saturated heterocycles. The first-order chi connectivity index (χ1) is 38.5. The first kappa shape index (κ1) is 83.8. The van der Waals surface area contributed by atoms with Gasteiger partial charge in [-0.2, -0.15) is 25.3 Å². The third kappa shape index (κ3) is 34.3. The molecule has 0 aliphatic carbocycles. The summed E-state index contributed by atoms with van der Waals surface area (Å²) in [5, 5.41) is 60.4. The van der Waals surface area contributed by atoms with Crippen LogP contribution in [0.15, 0.2) is 154 Å². The fraction of sp³-hybridized carbons (Fsp3) is 0.333. The summed E-state index contributed by atoms with van der Waals surface area (Å²) in [6, 6.07) is 34.4. The van der Waals surface area contributed by atoms with Gasteiger partial charge in [0, 0.05) is 10.8 Å². The van der Waals surface area contributed by atoms with Crippen LogP contribution in [0.1, 0.15) is 136 Å². The molecule has 0 aromatic heterocycles. The lowest BCUT2D eigenvalue weighted by Crippen LogP contribution is -1.98. The lowest BCUT2D eigenvalue weighted by Gasteiger charge is -2.04. The molecule has 8 aromatic carbocycles. The van der Waals surface area contributed by atoms with E-state index in [9.17, 15) is 50.8 Å². The summed E-state index contributed by atoms with van der Waals surface area (Å²) in [6.07, 6.45) is 5.00. The predicted octanol–water partition coefficient (Wildman–Crippen LogP) is 16.1. The molecule has 0 spiro atoms. The molecule has 0 aliphatic heterocycles. The van der Waals surface area contributed by atoms with E-state index in [4.69, 9.17) is 31.4 Å². The van der Waals surface area contributed by atoms with Crippen molar-refractivity contribution in [2.24, 2.45) is 0 Å². The zero-order valence-electron chi connectivity index (χ0n) is 49.9. The number of rotatable bonds is 3. The van der Waals surface area contributed by atoms with E-state index in [1.165, 1.54) is 98.5 Å². The van der Waals surface area contributed by atoms with Gasteiger partial charge in [0.2, 0.25) is 0 Å². The van der Waals surface area contributed by atoms with Gasteiger partial charge < -0.3 is 30.6 Å².